The van der Waals surface area contributed by atoms with Gasteiger partial charge in [-0.1, -0.05) is 42.3 Å². The fourth-order valence-electron chi connectivity index (χ4n) is 4.29. The van der Waals surface area contributed by atoms with Gasteiger partial charge in [-0.05, 0) is 36.8 Å². The van der Waals surface area contributed by atoms with Crippen LogP contribution < -0.4 is 0 Å². The molecule has 2 saturated heterocycles. The Bertz CT molecular complexity index is 653. The van der Waals surface area contributed by atoms with Gasteiger partial charge < -0.3 is 9.64 Å². The first kappa shape index (κ1) is 17.7. The predicted molar refractivity (Wildman–Crippen MR) is 104 cm³/mol. The molecule has 0 radical (unpaired) electrons. The number of ether oxygens (including phenoxy) is 1. The van der Waals surface area contributed by atoms with E-state index in [1.807, 2.05) is 4.90 Å². The number of carbonyl (C=O) groups is 1. The first-order chi connectivity index (χ1) is 12.7. The van der Waals surface area contributed by atoms with Crippen LogP contribution in [0.2, 0.25) is 0 Å². The maximum atomic E-state index is 12.0. The highest BCUT2D eigenvalue weighted by Gasteiger charge is 2.29. The Morgan fingerprint density at radius 1 is 1.15 bits per heavy atom. The molecule has 140 valence electrons. The van der Waals surface area contributed by atoms with Gasteiger partial charge in [0.15, 0.2) is 0 Å². The summed E-state index contributed by atoms with van der Waals surface area (Å²) in [7, 11) is 1.68. The minimum atomic E-state index is 0.0531. The van der Waals surface area contributed by atoms with Crippen LogP contribution in [0.15, 0.2) is 29.8 Å². The molecule has 0 N–H and O–H groups in total. The highest BCUT2D eigenvalue weighted by atomic mass is 16.5. The molecule has 1 aromatic rings. The van der Waals surface area contributed by atoms with Crippen molar-refractivity contribution < 1.29 is 9.53 Å². The third-order valence-electron chi connectivity index (χ3n) is 6.27. The molecule has 0 spiro atoms. The van der Waals surface area contributed by atoms with E-state index < -0.39 is 0 Å². The van der Waals surface area contributed by atoms with Crippen molar-refractivity contribution in [2.45, 2.75) is 57.2 Å². The number of amides is 1. The van der Waals surface area contributed by atoms with Gasteiger partial charge in [-0.25, -0.2) is 0 Å². The second kappa shape index (κ2) is 7.93. The predicted octanol–water partition coefficient (Wildman–Crippen LogP) is 3.47. The quantitative estimate of drug-likeness (QED) is 0.812. The maximum Gasteiger partial charge on any atom is 0.225 e. The molecule has 26 heavy (non-hydrogen) atoms. The molecule has 4 nitrogen and oxygen atoms in total. The summed E-state index contributed by atoms with van der Waals surface area (Å²) in [5, 5.41) is 0. The van der Waals surface area contributed by atoms with Crippen molar-refractivity contribution in [3.63, 3.8) is 0 Å². The summed E-state index contributed by atoms with van der Waals surface area (Å²) >= 11 is 0. The molecule has 2 aliphatic heterocycles. The van der Waals surface area contributed by atoms with E-state index in [-0.39, 0.29) is 12.0 Å². The van der Waals surface area contributed by atoms with Crippen LogP contribution in [-0.2, 0) is 16.1 Å². The molecule has 0 bridgehead atoms. The lowest BCUT2D eigenvalue weighted by Gasteiger charge is -2.40. The molecule has 1 aliphatic carbocycles. The molecule has 3 fully saturated rings. The van der Waals surface area contributed by atoms with Gasteiger partial charge in [-0.15, -0.1) is 0 Å². The van der Waals surface area contributed by atoms with Crippen molar-refractivity contribution in [3.05, 3.63) is 41.0 Å². The van der Waals surface area contributed by atoms with E-state index in [9.17, 15) is 4.79 Å². The summed E-state index contributed by atoms with van der Waals surface area (Å²) in [6.45, 7) is 3.85. The zero-order valence-electron chi connectivity index (χ0n) is 15.8. The second-order valence-corrected chi connectivity index (χ2v) is 8.00. The normalized spacial score (nSPS) is 24.8. The van der Waals surface area contributed by atoms with E-state index in [0.29, 0.717) is 19.5 Å². The number of rotatable bonds is 5. The fourth-order valence-corrected chi connectivity index (χ4v) is 4.29. The Balaban J connectivity index is 1.31. The van der Waals surface area contributed by atoms with Crippen LogP contribution in [0.25, 0.3) is 6.08 Å². The van der Waals surface area contributed by atoms with Crippen molar-refractivity contribution in [3.8, 4) is 0 Å². The number of hydrogen-bond acceptors (Lipinski definition) is 3. The Morgan fingerprint density at radius 2 is 1.88 bits per heavy atom. The summed E-state index contributed by atoms with van der Waals surface area (Å²) in [6, 6.07) is 9.57. The van der Waals surface area contributed by atoms with Crippen molar-refractivity contribution >= 4 is 12.0 Å². The van der Waals surface area contributed by atoms with Crippen molar-refractivity contribution in [1.82, 2.24) is 9.80 Å². The zero-order chi connectivity index (χ0) is 17.9. The van der Waals surface area contributed by atoms with E-state index in [1.165, 1.54) is 56.3 Å². The van der Waals surface area contributed by atoms with Crippen LogP contribution >= 0.6 is 0 Å². The lowest BCUT2D eigenvalue weighted by atomic mass is 9.89. The van der Waals surface area contributed by atoms with E-state index in [4.69, 9.17) is 4.74 Å². The largest absolute Gasteiger partial charge is 0.379 e. The highest BCUT2D eigenvalue weighted by molar-refractivity contribution is 5.79. The SMILES string of the molecule is COC1CC(=O)N(Cc2ccc(C=C3CCN(C4CCC4)CC3)cc2)C1. The number of hydrogen-bond donors (Lipinski definition) is 0. The summed E-state index contributed by atoms with van der Waals surface area (Å²) in [5.41, 5.74) is 4.05. The van der Waals surface area contributed by atoms with Gasteiger partial charge in [0.05, 0.1) is 12.5 Å². The van der Waals surface area contributed by atoms with Crippen LogP contribution in [0.4, 0.5) is 0 Å². The summed E-state index contributed by atoms with van der Waals surface area (Å²) in [5.74, 6) is 0.196. The van der Waals surface area contributed by atoms with Gasteiger partial charge >= 0.3 is 0 Å². The molecule has 2 heterocycles. The molecule has 0 aromatic heterocycles. The Hall–Kier alpha value is -1.65. The molecule has 1 unspecified atom stereocenters. The molecular weight excluding hydrogens is 324 g/mol. The van der Waals surface area contributed by atoms with Gasteiger partial charge in [0, 0.05) is 39.3 Å². The van der Waals surface area contributed by atoms with Crippen LogP contribution in [-0.4, -0.2) is 54.6 Å². The molecule has 4 rings (SSSR count). The van der Waals surface area contributed by atoms with E-state index in [1.54, 1.807) is 12.7 Å². The minimum absolute atomic E-state index is 0.0531. The number of piperidine rings is 1. The standard InChI is InChI=1S/C22H30N2O2/c1-26-21-14-22(25)24(16-21)15-19-7-5-17(6-8-19)13-18-9-11-23(12-10-18)20-3-2-4-20/h5-8,13,20-21H,2-4,9-12,14-16H2,1H3. The van der Waals surface area contributed by atoms with Crippen molar-refractivity contribution in [2.24, 2.45) is 0 Å². The first-order valence-electron chi connectivity index (χ1n) is 10.0. The van der Waals surface area contributed by atoms with Crippen LogP contribution in [0.5, 0.6) is 0 Å². The minimum Gasteiger partial charge on any atom is -0.379 e. The zero-order valence-corrected chi connectivity index (χ0v) is 15.8. The third-order valence-corrected chi connectivity index (χ3v) is 6.27. The average molecular weight is 354 g/mol. The Kier molecular flexibility index (Phi) is 5.41. The molecule has 4 heteroatoms. The van der Waals surface area contributed by atoms with Crippen molar-refractivity contribution in [2.75, 3.05) is 26.7 Å². The molecular formula is C22H30N2O2. The van der Waals surface area contributed by atoms with Crippen LogP contribution in [0.3, 0.4) is 0 Å². The maximum absolute atomic E-state index is 12.0. The number of likely N-dealkylation sites (tertiary alicyclic amines) is 2. The van der Waals surface area contributed by atoms with Crippen molar-refractivity contribution in [1.29, 1.82) is 0 Å². The van der Waals surface area contributed by atoms with E-state index in [2.05, 4.69) is 35.2 Å². The molecule has 1 saturated carbocycles. The fraction of sp³-hybridized carbons (Fsp3) is 0.591. The van der Waals surface area contributed by atoms with Crippen LogP contribution in [0.1, 0.15) is 49.7 Å². The summed E-state index contributed by atoms with van der Waals surface area (Å²) in [4.78, 5) is 16.6. The Labute approximate surface area is 156 Å². The number of nitrogens with zero attached hydrogens (tertiary/aromatic N) is 2. The molecule has 3 aliphatic rings. The van der Waals surface area contributed by atoms with Crippen LogP contribution in [0, 0.1) is 0 Å². The van der Waals surface area contributed by atoms with E-state index in [0.717, 1.165) is 6.04 Å². The second-order valence-electron chi connectivity index (χ2n) is 8.00. The molecule has 1 amide bonds. The average Bonchev–Trinajstić information content (AvgIpc) is 2.97. The van der Waals surface area contributed by atoms with Gasteiger partial charge in [0.2, 0.25) is 5.91 Å². The molecule has 1 atom stereocenters. The van der Waals surface area contributed by atoms with E-state index >= 15 is 0 Å². The topological polar surface area (TPSA) is 32.8 Å². The Morgan fingerprint density at radius 3 is 2.46 bits per heavy atom. The molecule has 1 aromatic carbocycles. The van der Waals surface area contributed by atoms with Gasteiger partial charge in [-0.2, -0.15) is 0 Å². The lowest BCUT2D eigenvalue weighted by molar-refractivity contribution is -0.128. The van der Waals surface area contributed by atoms with Gasteiger partial charge in [0.25, 0.3) is 0 Å². The first-order valence-corrected chi connectivity index (χ1v) is 10.0. The van der Waals surface area contributed by atoms with Gasteiger partial charge in [0.1, 0.15) is 0 Å². The highest BCUT2D eigenvalue weighted by Crippen LogP contribution is 2.29. The number of carbonyl (C=O) groups excluding carboxylic acids is 1. The smallest absolute Gasteiger partial charge is 0.225 e. The number of benzene rings is 1. The monoisotopic (exact) mass is 354 g/mol. The third kappa shape index (κ3) is 4.02. The number of methoxy groups -OCH3 is 1. The summed E-state index contributed by atoms with van der Waals surface area (Å²) < 4.78 is 5.31. The lowest BCUT2D eigenvalue weighted by Crippen LogP contribution is -2.43. The van der Waals surface area contributed by atoms with Gasteiger partial charge in [-0.3, -0.25) is 9.69 Å². The summed E-state index contributed by atoms with van der Waals surface area (Å²) in [6.07, 6.45) is 9.58.